The van der Waals surface area contributed by atoms with Gasteiger partial charge in [-0.05, 0) is 37.5 Å². The van der Waals surface area contributed by atoms with Gasteiger partial charge in [0.2, 0.25) is 0 Å². The van der Waals surface area contributed by atoms with Crippen molar-refractivity contribution in [3.8, 4) is 23.7 Å². The monoisotopic (exact) mass is 235 g/mol. The van der Waals surface area contributed by atoms with E-state index in [9.17, 15) is 5.11 Å². The molecule has 0 spiro atoms. The first kappa shape index (κ1) is 16.0. The SMILES string of the molecule is CCCCCC(O)C#CC#CC(N)(CC)CC. The molecule has 0 heterocycles. The van der Waals surface area contributed by atoms with E-state index in [0.29, 0.717) is 0 Å². The van der Waals surface area contributed by atoms with Crippen molar-refractivity contribution in [2.24, 2.45) is 5.73 Å². The van der Waals surface area contributed by atoms with Crippen LogP contribution >= 0.6 is 0 Å². The summed E-state index contributed by atoms with van der Waals surface area (Å²) in [5.41, 5.74) is 5.58. The van der Waals surface area contributed by atoms with Crippen LogP contribution in [0.3, 0.4) is 0 Å². The Morgan fingerprint density at radius 1 is 1.12 bits per heavy atom. The Bertz CT molecular complexity index is 309. The molecule has 17 heavy (non-hydrogen) atoms. The minimum atomic E-state index is -0.550. The zero-order chi connectivity index (χ0) is 13.1. The molecule has 0 saturated carbocycles. The van der Waals surface area contributed by atoms with Crippen LogP contribution in [0.1, 0.15) is 59.3 Å². The highest BCUT2D eigenvalue weighted by molar-refractivity contribution is 5.31. The Morgan fingerprint density at radius 2 is 1.76 bits per heavy atom. The number of hydrogen-bond acceptors (Lipinski definition) is 2. The van der Waals surface area contributed by atoms with Crippen LogP contribution in [0.5, 0.6) is 0 Å². The van der Waals surface area contributed by atoms with Crippen molar-refractivity contribution < 1.29 is 5.11 Å². The molecule has 0 fully saturated rings. The second-order valence-corrected chi connectivity index (χ2v) is 4.39. The van der Waals surface area contributed by atoms with Crippen molar-refractivity contribution in [2.45, 2.75) is 70.9 Å². The largest absolute Gasteiger partial charge is 0.380 e. The van der Waals surface area contributed by atoms with E-state index in [-0.39, 0.29) is 0 Å². The van der Waals surface area contributed by atoms with E-state index in [4.69, 9.17) is 5.73 Å². The van der Waals surface area contributed by atoms with Crippen LogP contribution in [0.4, 0.5) is 0 Å². The third-order valence-corrected chi connectivity index (χ3v) is 2.96. The molecule has 0 aromatic carbocycles. The zero-order valence-corrected chi connectivity index (χ0v) is 11.3. The van der Waals surface area contributed by atoms with Gasteiger partial charge in [-0.15, -0.1) is 0 Å². The van der Waals surface area contributed by atoms with Gasteiger partial charge in [-0.1, -0.05) is 45.5 Å². The summed E-state index contributed by atoms with van der Waals surface area (Å²) in [4.78, 5) is 0. The van der Waals surface area contributed by atoms with Crippen LogP contribution < -0.4 is 5.73 Å². The van der Waals surface area contributed by atoms with E-state index in [1.165, 1.54) is 0 Å². The molecule has 0 aliphatic rings. The number of hydrogen-bond donors (Lipinski definition) is 2. The molecule has 1 unspecified atom stereocenters. The Hall–Kier alpha value is -0.960. The molecule has 0 radical (unpaired) electrons. The van der Waals surface area contributed by atoms with Gasteiger partial charge in [0.25, 0.3) is 0 Å². The second kappa shape index (κ2) is 9.11. The first-order valence-corrected chi connectivity index (χ1v) is 6.57. The quantitative estimate of drug-likeness (QED) is 0.549. The lowest BCUT2D eigenvalue weighted by Gasteiger charge is -2.18. The van der Waals surface area contributed by atoms with Crippen LogP contribution in [0.15, 0.2) is 0 Å². The highest BCUT2D eigenvalue weighted by Gasteiger charge is 2.15. The molecule has 0 rings (SSSR count). The van der Waals surface area contributed by atoms with Gasteiger partial charge in [-0.2, -0.15) is 0 Å². The summed E-state index contributed by atoms with van der Waals surface area (Å²) in [5, 5.41) is 9.55. The van der Waals surface area contributed by atoms with E-state index in [2.05, 4.69) is 30.6 Å². The number of unbranched alkanes of at least 4 members (excludes halogenated alkanes) is 2. The first-order chi connectivity index (χ1) is 8.08. The third kappa shape index (κ3) is 7.86. The molecule has 2 nitrogen and oxygen atoms in total. The van der Waals surface area contributed by atoms with Crippen molar-refractivity contribution in [3.63, 3.8) is 0 Å². The number of nitrogens with two attached hydrogens (primary N) is 1. The van der Waals surface area contributed by atoms with E-state index >= 15 is 0 Å². The van der Waals surface area contributed by atoms with E-state index in [0.717, 1.165) is 38.5 Å². The fourth-order valence-electron chi connectivity index (χ4n) is 1.36. The average molecular weight is 235 g/mol. The summed E-state index contributed by atoms with van der Waals surface area (Å²) in [6.45, 7) is 6.18. The summed E-state index contributed by atoms with van der Waals surface area (Å²) in [7, 11) is 0. The molecule has 0 aromatic heterocycles. The van der Waals surface area contributed by atoms with Gasteiger partial charge >= 0.3 is 0 Å². The molecular formula is C15H25NO. The molecule has 2 heteroatoms. The lowest BCUT2D eigenvalue weighted by Crippen LogP contribution is -2.36. The maximum Gasteiger partial charge on any atom is 0.115 e. The normalized spacial score (nSPS) is 12.1. The molecule has 0 aliphatic carbocycles. The second-order valence-electron chi connectivity index (χ2n) is 4.39. The smallest absolute Gasteiger partial charge is 0.115 e. The number of aliphatic hydroxyl groups is 1. The topological polar surface area (TPSA) is 46.2 Å². The summed E-state index contributed by atoms with van der Waals surface area (Å²) in [5.74, 6) is 11.1. The maximum atomic E-state index is 9.55. The maximum absolute atomic E-state index is 9.55. The Morgan fingerprint density at radius 3 is 2.29 bits per heavy atom. The van der Waals surface area contributed by atoms with E-state index in [1.54, 1.807) is 0 Å². The third-order valence-electron chi connectivity index (χ3n) is 2.96. The predicted octanol–water partition coefficient (Wildman–Crippen LogP) is 2.45. The zero-order valence-electron chi connectivity index (χ0n) is 11.3. The molecule has 0 aromatic rings. The lowest BCUT2D eigenvalue weighted by molar-refractivity contribution is 0.217. The van der Waals surface area contributed by atoms with Crippen molar-refractivity contribution in [2.75, 3.05) is 0 Å². The molecule has 1 atom stereocenters. The Balaban J connectivity index is 4.14. The van der Waals surface area contributed by atoms with E-state index < -0.39 is 11.6 Å². The molecule has 96 valence electrons. The molecule has 0 aliphatic heterocycles. The Kier molecular flexibility index (Phi) is 8.60. The lowest BCUT2D eigenvalue weighted by atomic mass is 9.95. The standard InChI is InChI=1S/C15H25NO/c1-4-7-8-11-14(17)12-9-10-13-15(16,5-2)6-3/h14,17H,4-8,11,16H2,1-3H3. The van der Waals surface area contributed by atoms with Gasteiger partial charge in [-0.3, -0.25) is 0 Å². The van der Waals surface area contributed by atoms with Gasteiger partial charge in [0, 0.05) is 0 Å². The van der Waals surface area contributed by atoms with Gasteiger partial charge in [-0.25, -0.2) is 0 Å². The Labute approximate surface area is 106 Å². The summed E-state index contributed by atoms with van der Waals surface area (Å²) in [6, 6.07) is 0. The fourth-order valence-corrected chi connectivity index (χ4v) is 1.36. The van der Waals surface area contributed by atoms with Gasteiger partial charge < -0.3 is 10.8 Å². The summed E-state index contributed by atoms with van der Waals surface area (Å²) < 4.78 is 0. The number of rotatable bonds is 6. The van der Waals surface area contributed by atoms with Gasteiger partial charge in [0.1, 0.15) is 6.10 Å². The van der Waals surface area contributed by atoms with Crippen LogP contribution in [0.2, 0.25) is 0 Å². The summed E-state index contributed by atoms with van der Waals surface area (Å²) in [6.07, 6.45) is 5.13. The molecule has 0 amide bonds. The van der Waals surface area contributed by atoms with Crippen LogP contribution in [0, 0.1) is 23.7 Å². The summed E-state index contributed by atoms with van der Waals surface area (Å²) >= 11 is 0. The van der Waals surface area contributed by atoms with Gasteiger partial charge in [0.05, 0.1) is 5.54 Å². The van der Waals surface area contributed by atoms with Crippen molar-refractivity contribution >= 4 is 0 Å². The van der Waals surface area contributed by atoms with Crippen LogP contribution in [0.25, 0.3) is 0 Å². The molecule has 3 N–H and O–H groups in total. The van der Waals surface area contributed by atoms with Crippen molar-refractivity contribution in [1.29, 1.82) is 0 Å². The van der Waals surface area contributed by atoms with Crippen molar-refractivity contribution in [1.82, 2.24) is 0 Å². The molecule has 0 bridgehead atoms. The minimum Gasteiger partial charge on any atom is -0.380 e. The predicted molar refractivity (Wildman–Crippen MR) is 73.2 cm³/mol. The van der Waals surface area contributed by atoms with E-state index in [1.807, 2.05) is 13.8 Å². The molecule has 0 saturated heterocycles. The minimum absolute atomic E-state index is 0.429. The van der Waals surface area contributed by atoms with Crippen LogP contribution in [-0.2, 0) is 0 Å². The van der Waals surface area contributed by atoms with Crippen LogP contribution in [-0.4, -0.2) is 16.7 Å². The number of aliphatic hydroxyl groups excluding tert-OH is 1. The fraction of sp³-hybridized carbons (Fsp3) is 0.733. The highest BCUT2D eigenvalue weighted by Crippen LogP contribution is 2.08. The van der Waals surface area contributed by atoms with Gasteiger partial charge in [0.15, 0.2) is 0 Å². The van der Waals surface area contributed by atoms with Crippen molar-refractivity contribution in [3.05, 3.63) is 0 Å². The highest BCUT2D eigenvalue weighted by atomic mass is 16.3. The average Bonchev–Trinajstić information content (AvgIpc) is 2.35. The first-order valence-electron chi connectivity index (χ1n) is 6.57. The molecular weight excluding hydrogens is 210 g/mol.